The zero-order valence-electron chi connectivity index (χ0n) is 21.5. The van der Waals surface area contributed by atoms with Crippen molar-refractivity contribution in [2.45, 2.75) is 20.0 Å². The molecule has 0 spiro atoms. The molecule has 41 heavy (non-hydrogen) atoms. The van der Waals surface area contributed by atoms with Gasteiger partial charge in [0.05, 0.1) is 12.2 Å². The van der Waals surface area contributed by atoms with Gasteiger partial charge in [-0.25, -0.2) is 32.2 Å². The van der Waals surface area contributed by atoms with E-state index in [4.69, 9.17) is 0 Å². The highest BCUT2D eigenvalue weighted by Crippen LogP contribution is 2.34. The number of carbonyl (C=O) groups is 2. The smallest absolute Gasteiger partial charge is 0.341 e. The molecule has 12 heteroatoms. The normalized spacial score (nSPS) is 10.7. The van der Waals surface area contributed by atoms with Crippen LogP contribution in [0.4, 0.5) is 38.5 Å². The SMILES string of the molecule is Cc1ccccc1CNC(=O)N(c1cc(F)cc(F)c1O)N(Cc1ccccc1)C(=O)Nc1cc(F)cc(F)c1O. The van der Waals surface area contributed by atoms with Crippen molar-refractivity contribution < 1.29 is 37.4 Å². The van der Waals surface area contributed by atoms with Gasteiger partial charge in [0.25, 0.3) is 0 Å². The molecule has 4 aromatic rings. The first-order valence-electron chi connectivity index (χ1n) is 12.2. The van der Waals surface area contributed by atoms with Gasteiger partial charge in [0, 0.05) is 30.8 Å². The van der Waals surface area contributed by atoms with Crippen LogP contribution in [0.2, 0.25) is 0 Å². The minimum atomic E-state index is -1.42. The maximum absolute atomic E-state index is 14.5. The van der Waals surface area contributed by atoms with E-state index in [2.05, 4.69) is 10.6 Å². The molecule has 0 heterocycles. The second-order valence-electron chi connectivity index (χ2n) is 8.91. The first-order valence-corrected chi connectivity index (χ1v) is 12.2. The molecule has 0 saturated heterocycles. The maximum atomic E-state index is 14.5. The molecule has 0 aliphatic rings. The molecule has 0 radical (unpaired) electrons. The van der Waals surface area contributed by atoms with Gasteiger partial charge in [0.2, 0.25) is 0 Å². The van der Waals surface area contributed by atoms with Gasteiger partial charge in [-0.1, -0.05) is 54.6 Å². The quantitative estimate of drug-likeness (QED) is 0.124. The number of hydrogen-bond acceptors (Lipinski definition) is 4. The van der Waals surface area contributed by atoms with Crippen molar-refractivity contribution in [3.8, 4) is 11.5 Å². The van der Waals surface area contributed by atoms with Crippen LogP contribution in [0.1, 0.15) is 16.7 Å². The van der Waals surface area contributed by atoms with Crippen molar-refractivity contribution in [3.05, 3.63) is 119 Å². The number of aromatic hydroxyl groups is 2. The summed E-state index contributed by atoms with van der Waals surface area (Å²) < 4.78 is 56.7. The van der Waals surface area contributed by atoms with Gasteiger partial charge in [-0.15, -0.1) is 0 Å². The first-order chi connectivity index (χ1) is 19.5. The third-order valence-electron chi connectivity index (χ3n) is 6.04. The molecule has 0 aliphatic heterocycles. The van der Waals surface area contributed by atoms with E-state index >= 15 is 0 Å². The third kappa shape index (κ3) is 6.67. The number of amides is 4. The van der Waals surface area contributed by atoms with E-state index in [1.807, 2.05) is 0 Å². The zero-order chi connectivity index (χ0) is 29.7. The van der Waals surface area contributed by atoms with E-state index in [1.165, 1.54) is 0 Å². The molecule has 4 amide bonds. The first kappa shape index (κ1) is 28.7. The van der Waals surface area contributed by atoms with Crippen LogP contribution in [-0.2, 0) is 13.1 Å². The highest BCUT2D eigenvalue weighted by molar-refractivity contribution is 6.00. The molecule has 0 saturated carbocycles. The van der Waals surface area contributed by atoms with Gasteiger partial charge >= 0.3 is 12.1 Å². The van der Waals surface area contributed by atoms with Gasteiger partial charge in [0.1, 0.15) is 17.3 Å². The van der Waals surface area contributed by atoms with Crippen molar-refractivity contribution in [1.29, 1.82) is 0 Å². The lowest BCUT2D eigenvalue weighted by molar-refractivity contribution is 0.193. The summed E-state index contributed by atoms with van der Waals surface area (Å²) in [6.45, 7) is 1.30. The number of hydrazine groups is 1. The molecule has 0 aliphatic carbocycles. The summed E-state index contributed by atoms with van der Waals surface area (Å²) in [6.07, 6.45) is 0. The number of aryl methyl sites for hydroxylation is 1. The van der Waals surface area contributed by atoms with Crippen molar-refractivity contribution in [2.75, 3.05) is 10.3 Å². The summed E-state index contributed by atoms with van der Waals surface area (Å²) in [7, 11) is 0. The molecule has 8 nitrogen and oxygen atoms in total. The molecule has 4 N–H and O–H groups in total. The van der Waals surface area contributed by atoms with E-state index in [0.29, 0.717) is 45.4 Å². The molecular weight excluding hydrogens is 544 g/mol. The average Bonchev–Trinajstić information content (AvgIpc) is 2.93. The molecule has 0 fully saturated rings. The Morgan fingerprint density at radius 1 is 0.780 bits per heavy atom. The summed E-state index contributed by atoms with van der Waals surface area (Å²) in [5.74, 6) is -7.31. The Hall–Kier alpha value is -5.26. The monoisotopic (exact) mass is 568 g/mol. The number of rotatable bonds is 6. The summed E-state index contributed by atoms with van der Waals surface area (Å²) in [4.78, 5) is 27.2. The average molecular weight is 569 g/mol. The molecule has 0 bridgehead atoms. The van der Waals surface area contributed by atoms with Gasteiger partial charge in [-0.3, -0.25) is 0 Å². The minimum Gasteiger partial charge on any atom is -0.503 e. The summed E-state index contributed by atoms with van der Waals surface area (Å²) in [5.41, 5.74) is 0.507. The number of benzene rings is 4. The second kappa shape index (κ2) is 12.3. The van der Waals surface area contributed by atoms with Crippen molar-refractivity contribution in [1.82, 2.24) is 10.3 Å². The Morgan fingerprint density at radius 2 is 1.39 bits per heavy atom. The van der Waals surface area contributed by atoms with Gasteiger partial charge in [0.15, 0.2) is 23.1 Å². The standard InChI is InChI=1S/C29H24F4N4O4/c1-17-7-5-6-10-19(17)15-34-28(40)37(25-14-21(31)12-23(33)27(25)39)36(16-18-8-3-2-4-9-18)29(41)35-24-13-20(30)11-22(32)26(24)38/h2-14,38-39H,15-16H2,1H3,(H,34,40)(H,35,41). The number of nitrogens with one attached hydrogen (secondary N) is 2. The lowest BCUT2D eigenvalue weighted by Gasteiger charge is -2.35. The van der Waals surface area contributed by atoms with Crippen LogP contribution in [0.25, 0.3) is 0 Å². The fourth-order valence-electron chi connectivity index (χ4n) is 3.95. The van der Waals surface area contributed by atoms with Crippen LogP contribution in [0.5, 0.6) is 11.5 Å². The fraction of sp³-hybridized carbons (Fsp3) is 0.103. The number of nitrogens with zero attached hydrogens (tertiary/aromatic N) is 2. The molecule has 0 unspecified atom stereocenters. The zero-order valence-corrected chi connectivity index (χ0v) is 21.5. The van der Waals surface area contributed by atoms with Crippen LogP contribution < -0.4 is 15.6 Å². The number of carbonyl (C=O) groups excluding carboxylic acids is 2. The molecule has 4 aromatic carbocycles. The Balaban J connectivity index is 1.80. The number of halogens is 4. The highest BCUT2D eigenvalue weighted by Gasteiger charge is 2.32. The van der Waals surface area contributed by atoms with Crippen LogP contribution in [-0.4, -0.2) is 27.3 Å². The molecule has 212 valence electrons. The molecule has 0 atom stereocenters. The van der Waals surface area contributed by atoms with Crippen molar-refractivity contribution in [2.24, 2.45) is 0 Å². The fourth-order valence-corrected chi connectivity index (χ4v) is 3.95. The van der Waals surface area contributed by atoms with Crippen molar-refractivity contribution >= 4 is 23.4 Å². The number of phenols is 2. The number of anilines is 2. The Kier molecular flexibility index (Phi) is 8.61. The van der Waals surface area contributed by atoms with Gasteiger partial charge in [-0.05, 0) is 23.6 Å². The summed E-state index contributed by atoms with van der Waals surface area (Å²) in [5, 5.41) is 26.4. The Bertz CT molecular complexity index is 1590. The number of urea groups is 2. The van der Waals surface area contributed by atoms with Crippen LogP contribution >= 0.6 is 0 Å². The summed E-state index contributed by atoms with van der Waals surface area (Å²) in [6, 6.07) is 14.9. The third-order valence-corrected chi connectivity index (χ3v) is 6.04. The predicted octanol–water partition coefficient (Wildman–Crippen LogP) is 6.33. The number of phenolic OH excluding ortho intramolecular Hbond substituents is 2. The van der Waals surface area contributed by atoms with Crippen molar-refractivity contribution in [3.63, 3.8) is 0 Å². The van der Waals surface area contributed by atoms with E-state index < -0.39 is 64.7 Å². The maximum Gasteiger partial charge on any atom is 0.341 e. The Labute approximate surface area is 232 Å². The van der Waals surface area contributed by atoms with Crippen LogP contribution in [0, 0.1) is 30.2 Å². The Morgan fingerprint density at radius 3 is 2.07 bits per heavy atom. The predicted molar refractivity (Wildman–Crippen MR) is 143 cm³/mol. The minimum absolute atomic E-state index is 0.0722. The van der Waals surface area contributed by atoms with Crippen LogP contribution in [0.3, 0.4) is 0 Å². The summed E-state index contributed by atoms with van der Waals surface area (Å²) >= 11 is 0. The second-order valence-corrected chi connectivity index (χ2v) is 8.91. The van der Waals surface area contributed by atoms with E-state index in [-0.39, 0.29) is 6.54 Å². The van der Waals surface area contributed by atoms with Gasteiger partial charge < -0.3 is 20.8 Å². The van der Waals surface area contributed by atoms with E-state index in [1.54, 1.807) is 61.5 Å². The van der Waals surface area contributed by atoms with E-state index in [0.717, 1.165) is 5.56 Å². The highest BCUT2D eigenvalue weighted by atomic mass is 19.1. The topological polar surface area (TPSA) is 105 Å². The van der Waals surface area contributed by atoms with Crippen LogP contribution in [0.15, 0.2) is 78.9 Å². The van der Waals surface area contributed by atoms with Gasteiger partial charge in [-0.2, -0.15) is 5.01 Å². The van der Waals surface area contributed by atoms with E-state index in [9.17, 15) is 37.4 Å². The molecule has 4 rings (SSSR count). The molecular formula is C29H24F4N4O4. The largest absolute Gasteiger partial charge is 0.503 e. The number of hydrogen-bond donors (Lipinski definition) is 4. The lowest BCUT2D eigenvalue weighted by atomic mass is 10.1. The molecule has 0 aromatic heterocycles. The lowest BCUT2D eigenvalue weighted by Crippen LogP contribution is -2.54.